The molecule has 0 radical (unpaired) electrons. The fourth-order valence-corrected chi connectivity index (χ4v) is 2.04. The van der Waals surface area contributed by atoms with Crippen LogP contribution in [0.2, 0.25) is 0 Å². The van der Waals surface area contributed by atoms with E-state index in [0.717, 1.165) is 12.4 Å². The summed E-state index contributed by atoms with van der Waals surface area (Å²) in [5.74, 6) is 2.14. The Hall–Kier alpha value is -0.630. The van der Waals surface area contributed by atoms with Crippen molar-refractivity contribution in [3.8, 4) is 5.75 Å². The van der Waals surface area contributed by atoms with Crippen LogP contribution in [0, 0.1) is 0 Å². The topological polar surface area (TPSA) is 9.23 Å². The Kier molecular flexibility index (Phi) is 4.16. The minimum absolute atomic E-state index is 0.482. The van der Waals surface area contributed by atoms with Gasteiger partial charge in [0.2, 0.25) is 0 Å². The van der Waals surface area contributed by atoms with Crippen molar-refractivity contribution in [1.29, 1.82) is 0 Å². The summed E-state index contributed by atoms with van der Waals surface area (Å²) in [5.41, 5.74) is 1.40. The fourth-order valence-electron chi connectivity index (χ4n) is 1.18. The fraction of sp³-hybridized carbons (Fsp3) is 0.455. The number of hydrogen-bond donors (Lipinski definition) is 0. The summed E-state index contributed by atoms with van der Waals surface area (Å²) in [6.07, 6.45) is 4.52. The Morgan fingerprint density at radius 3 is 2.23 bits per heavy atom. The Balaban J connectivity index is 2.59. The van der Waals surface area contributed by atoms with Gasteiger partial charge in [0.15, 0.2) is 0 Å². The first-order valence-corrected chi connectivity index (χ1v) is 6.69. The summed E-state index contributed by atoms with van der Waals surface area (Å²) in [7, 11) is 0.482. The van der Waals surface area contributed by atoms with Crippen molar-refractivity contribution in [3.63, 3.8) is 0 Å². The van der Waals surface area contributed by atoms with E-state index in [4.69, 9.17) is 4.74 Å². The molecule has 0 bridgehead atoms. The highest BCUT2D eigenvalue weighted by atomic mass is 32.2. The maximum absolute atomic E-state index is 5.37. The van der Waals surface area contributed by atoms with Crippen LogP contribution < -0.4 is 4.74 Å². The minimum Gasteiger partial charge on any atom is -0.494 e. The van der Waals surface area contributed by atoms with Gasteiger partial charge in [0.05, 0.1) is 19.1 Å². The molecule has 0 saturated carbocycles. The van der Waals surface area contributed by atoms with Crippen molar-refractivity contribution in [1.82, 2.24) is 0 Å². The summed E-state index contributed by atoms with van der Waals surface area (Å²) >= 11 is 0. The smallest absolute Gasteiger partial charge is 0.132 e. The summed E-state index contributed by atoms with van der Waals surface area (Å²) in [5, 5.41) is 0. The highest BCUT2D eigenvalue weighted by Gasteiger charge is 2.03. The van der Waals surface area contributed by atoms with Gasteiger partial charge in [-0.25, -0.2) is 0 Å². The summed E-state index contributed by atoms with van der Waals surface area (Å²) in [4.78, 5) is 0. The van der Waals surface area contributed by atoms with E-state index in [1.807, 2.05) is 19.1 Å². The minimum atomic E-state index is 0.482. The SMILES string of the molecule is CCOc1ccc(C[S+](C)C)cc1. The van der Waals surface area contributed by atoms with E-state index in [0.29, 0.717) is 10.9 Å². The van der Waals surface area contributed by atoms with Gasteiger partial charge in [-0.2, -0.15) is 0 Å². The van der Waals surface area contributed by atoms with Crippen LogP contribution in [0.1, 0.15) is 12.5 Å². The lowest BCUT2D eigenvalue weighted by Gasteiger charge is -2.03. The Bertz CT molecular complexity index is 241. The van der Waals surface area contributed by atoms with Crippen molar-refractivity contribution < 1.29 is 4.74 Å². The molecular weight excluding hydrogens is 180 g/mol. The van der Waals surface area contributed by atoms with E-state index < -0.39 is 0 Å². The highest BCUT2D eigenvalue weighted by molar-refractivity contribution is 7.94. The van der Waals surface area contributed by atoms with E-state index in [1.54, 1.807) is 0 Å². The van der Waals surface area contributed by atoms with Crippen LogP contribution in [0.25, 0.3) is 0 Å². The van der Waals surface area contributed by atoms with Gasteiger partial charge in [-0.1, -0.05) is 12.1 Å². The molecule has 0 aliphatic carbocycles. The standard InChI is InChI=1S/C11H17OS/c1-4-12-11-7-5-10(6-8-11)9-13(2)3/h5-8H,4,9H2,1-3H3/q+1. The molecule has 1 aromatic carbocycles. The zero-order valence-corrected chi connectivity index (χ0v) is 9.36. The van der Waals surface area contributed by atoms with E-state index >= 15 is 0 Å². The predicted molar refractivity (Wildman–Crippen MR) is 60.5 cm³/mol. The molecule has 13 heavy (non-hydrogen) atoms. The zero-order valence-electron chi connectivity index (χ0n) is 8.54. The average molecular weight is 197 g/mol. The van der Waals surface area contributed by atoms with Crippen molar-refractivity contribution >= 4 is 10.9 Å². The lowest BCUT2D eigenvalue weighted by atomic mass is 10.2. The second-order valence-corrected chi connectivity index (χ2v) is 5.47. The molecule has 2 heteroatoms. The van der Waals surface area contributed by atoms with Gasteiger partial charge >= 0.3 is 0 Å². The lowest BCUT2D eigenvalue weighted by Crippen LogP contribution is -1.99. The molecule has 0 fully saturated rings. The summed E-state index contributed by atoms with van der Waals surface area (Å²) in [6, 6.07) is 8.40. The molecule has 0 atom stereocenters. The predicted octanol–water partition coefficient (Wildman–Crippen LogP) is 2.46. The molecule has 0 aromatic heterocycles. The number of benzene rings is 1. The molecule has 0 spiro atoms. The van der Waals surface area contributed by atoms with Crippen LogP contribution in [-0.4, -0.2) is 19.1 Å². The van der Waals surface area contributed by atoms with Crippen LogP contribution in [0.3, 0.4) is 0 Å². The molecule has 1 rings (SSSR count). The van der Waals surface area contributed by atoms with Gasteiger partial charge < -0.3 is 4.74 Å². The van der Waals surface area contributed by atoms with E-state index in [1.165, 1.54) is 11.3 Å². The third-order valence-electron chi connectivity index (χ3n) is 1.69. The monoisotopic (exact) mass is 197 g/mol. The average Bonchev–Trinajstić information content (AvgIpc) is 2.08. The van der Waals surface area contributed by atoms with Gasteiger partial charge in [-0.15, -0.1) is 0 Å². The molecular formula is C11H17OS+. The second-order valence-electron chi connectivity index (χ2n) is 3.21. The Labute approximate surface area is 83.5 Å². The van der Waals surface area contributed by atoms with Crippen molar-refractivity contribution in [3.05, 3.63) is 29.8 Å². The van der Waals surface area contributed by atoms with E-state index in [2.05, 4.69) is 24.6 Å². The van der Waals surface area contributed by atoms with Gasteiger partial charge in [0.1, 0.15) is 11.5 Å². The Morgan fingerprint density at radius 1 is 1.15 bits per heavy atom. The third-order valence-corrected chi connectivity index (χ3v) is 2.60. The first-order valence-electron chi connectivity index (χ1n) is 4.48. The highest BCUT2D eigenvalue weighted by Crippen LogP contribution is 2.13. The van der Waals surface area contributed by atoms with Gasteiger partial charge in [-0.05, 0) is 30.0 Å². The Morgan fingerprint density at radius 2 is 1.77 bits per heavy atom. The molecule has 1 nitrogen and oxygen atoms in total. The first kappa shape index (κ1) is 10.5. The zero-order chi connectivity index (χ0) is 9.68. The van der Waals surface area contributed by atoms with Gasteiger partial charge in [-0.3, -0.25) is 0 Å². The maximum Gasteiger partial charge on any atom is 0.132 e. The molecule has 0 saturated heterocycles. The molecule has 72 valence electrons. The molecule has 0 N–H and O–H groups in total. The largest absolute Gasteiger partial charge is 0.494 e. The van der Waals surface area contributed by atoms with Crippen LogP contribution in [-0.2, 0) is 16.6 Å². The molecule has 0 aliphatic heterocycles. The quantitative estimate of drug-likeness (QED) is 0.674. The van der Waals surface area contributed by atoms with Crippen molar-refractivity contribution in [2.75, 3.05) is 19.1 Å². The number of rotatable bonds is 4. The van der Waals surface area contributed by atoms with Crippen molar-refractivity contribution in [2.45, 2.75) is 12.7 Å². The van der Waals surface area contributed by atoms with Crippen LogP contribution in [0.15, 0.2) is 24.3 Å². The van der Waals surface area contributed by atoms with E-state index in [9.17, 15) is 0 Å². The molecule has 0 unspecified atom stereocenters. The summed E-state index contributed by atoms with van der Waals surface area (Å²) in [6.45, 7) is 2.74. The molecule has 0 heterocycles. The molecule has 1 aromatic rings. The molecule has 0 aliphatic rings. The number of ether oxygens (including phenoxy) is 1. The van der Waals surface area contributed by atoms with E-state index in [-0.39, 0.29) is 0 Å². The number of hydrogen-bond acceptors (Lipinski definition) is 1. The van der Waals surface area contributed by atoms with Crippen LogP contribution in [0.4, 0.5) is 0 Å². The normalized spacial score (nSPS) is 10.5. The lowest BCUT2D eigenvalue weighted by molar-refractivity contribution is 0.340. The third kappa shape index (κ3) is 3.73. The molecule has 0 amide bonds. The van der Waals surface area contributed by atoms with Crippen LogP contribution in [0.5, 0.6) is 5.75 Å². The van der Waals surface area contributed by atoms with Gasteiger partial charge in [0.25, 0.3) is 0 Å². The van der Waals surface area contributed by atoms with Gasteiger partial charge in [0, 0.05) is 5.56 Å². The van der Waals surface area contributed by atoms with Crippen molar-refractivity contribution in [2.24, 2.45) is 0 Å². The summed E-state index contributed by atoms with van der Waals surface area (Å²) < 4.78 is 5.37. The first-order chi connectivity index (χ1) is 6.22. The second kappa shape index (κ2) is 5.18. The van der Waals surface area contributed by atoms with Crippen LogP contribution >= 0.6 is 0 Å². The maximum atomic E-state index is 5.37.